The Labute approximate surface area is 107 Å². The van der Waals surface area contributed by atoms with Crippen molar-refractivity contribution < 1.29 is 18.6 Å². The number of benzene rings is 1. The van der Waals surface area contributed by atoms with E-state index in [1.807, 2.05) is 30.3 Å². The van der Waals surface area contributed by atoms with Crippen LogP contribution in [0, 0.1) is 0 Å². The highest BCUT2D eigenvalue weighted by Gasteiger charge is 2.31. The van der Waals surface area contributed by atoms with Crippen molar-refractivity contribution in [3.63, 3.8) is 0 Å². The number of halogens is 1. The maximum Gasteiger partial charge on any atom is 0.157 e. The lowest BCUT2D eigenvalue weighted by Crippen LogP contribution is -2.42. The van der Waals surface area contributed by atoms with Gasteiger partial charge in [0.15, 0.2) is 6.29 Å². The average molecular weight is 254 g/mol. The molecule has 0 N–H and O–H groups in total. The highest BCUT2D eigenvalue weighted by molar-refractivity contribution is 5.13. The van der Waals surface area contributed by atoms with Gasteiger partial charge >= 0.3 is 0 Å². The van der Waals surface area contributed by atoms with Crippen molar-refractivity contribution in [3.05, 3.63) is 35.9 Å². The first kappa shape index (κ1) is 13.5. The van der Waals surface area contributed by atoms with Crippen LogP contribution in [0.2, 0.25) is 0 Å². The van der Waals surface area contributed by atoms with E-state index in [-0.39, 0.29) is 12.4 Å². The van der Waals surface area contributed by atoms with Crippen LogP contribution in [0.4, 0.5) is 4.39 Å². The van der Waals surface area contributed by atoms with Gasteiger partial charge in [-0.3, -0.25) is 0 Å². The van der Waals surface area contributed by atoms with Crippen LogP contribution in [0.25, 0.3) is 0 Å². The summed E-state index contributed by atoms with van der Waals surface area (Å²) in [5, 5.41) is 0. The molecule has 0 aliphatic carbocycles. The van der Waals surface area contributed by atoms with Crippen LogP contribution >= 0.6 is 0 Å². The molecule has 1 aromatic rings. The quantitative estimate of drug-likeness (QED) is 0.808. The van der Waals surface area contributed by atoms with Gasteiger partial charge in [0.1, 0.15) is 12.8 Å². The fourth-order valence-electron chi connectivity index (χ4n) is 2.11. The minimum atomic E-state index is -0.542. The number of methoxy groups -OCH3 is 1. The fourth-order valence-corrected chi connectivity index (χ4v) is 2.11. The van der Waals surface area contributed by atoms with Gasteiger partial charge in [-0.2, -0.15) is 0 Å². The van der Waals surface area contributed by atoms with Crippen molar-refractivity contribution in [1.29, 1.82) is 0 Å². The van der Waals surface area contributed by atoms with Crippen LogP contribution in [-0.2, 0) is 20.8 Å². The number of hydrogen-bond donors (Lipinski definition) is 0. The zero-order valence-corrected chi connectivity index (χ0v) is 10.5. The second-order valence-electron chi connectivity index (χ2n) is 4.41. The average Bonchev–Trinajstić information content (AvgIpc) is 2.46. The molecule has 0 saturated carbocycles. The summed E-state index contributed by atoms with van der Waals surface area (Å²) in [7, 11) is 1.57. The molecule has 0 aromatic heterocycles. The second-order valence-corrected chi connectivity index (χ2v) is 4.41. The molecular weight excluding hydrogens is 235 g/mol. The molecule has 0 spiro atoms. The Hall–Kier alpha value is -0.970. The van der Waals surface area contributed by atoms with Crippen molar-refractivity contribution in [1.82, 2.24) is 0 Å². The van der Waals surface area contributed by atoms with Crippen LogP contribution in [0.3, 0.4) is 0 Å². The molecule has 0 radical (unpaired) electrons. The topological polar surface area (TPSA) is 27.7 Å². The second kappa shape index (κ2) is 6.83. The van der Waals surface area contributed by atoms with E-state index in [0.29, 0.717) is 6.61 Å². The fraction of sp³-hybridized carbons (Fsp3) is 0.571. The van der Waals surface area contributed by atoms with E-state index in [4.69, 9.17) is 14.2 Å². The summed E-state index contributed by atoms with van der Waals surface area (Å²) in [6.45, 7) is -0.0532. The summed E-state index contributed by atoms with van der Waals surface area (Å²) in [6, 6.07) is 9.87. The molecule has 1 aliphatic rings. The van der Waals surface area contributed by atoms with E-state index in [2.05, 4.69) is 0 Å². The molecule has 0 bridgehead atoms. The number of hydrogen-bond acceptors (Lipinski definition) is 3. The lowest BCUT2D eigenvalue weighted by molar-refractivity contribution is -0.225. The molecule has 1 aromatic carbocycles. The first-order valence-corrected chi connectivity index (χ1v) is 6.23. The first-order chi connectivity index (χ1) is 8.83. The standard InChI is InChI=1S/C14H19FO3/c1-16-14-8-7-12(13(9-15)18-14)17-10-11-5-3-2-4-6-11/h2-6,12-14H,7-10H2,1H3. The van der Waals surface area contributed by atoms with E-state index in [1.165, 1.54) is 0 Å². The van der Waals surface area contributed by atoms with Gasteiger partial charge in [-0.1, -0.05) is 30.3 Å². The van der Waals surface area contributed by atoms with E-state index in [0.717, 1.165) is 18.4 Å². The molecule has 1 fully saturated rings. The molecule has 0 amide bonds. The lowest BCUT2D eigenvalue weighted by atomic mass is 10.1. The van der Waals surface area contributed by atoms with Gasteiger partial charge in [0.2, 0.25) is 0 Å². The third-order valence-electron chi connectivity index (χ3n) is 3.15. The Bertz CT molecular complexity index is 344. The predicted molar refractivity (Wildman–Crippen MR) is 65.9 cm³/mol. The Morgan fingerprint density at radius 3 is 2.72 bits per heavy atom. The molecule has 18 heavy (non-hydrogen) atoms. The summed E-state index contributed by atoms with van der Waals surface area (Å²) in [4.78, 5) is 0. The van der Waals surface area contributed by atoms with Gasteiger partial charge in [-0.05, 0) is 12.0 Å². The van der Waals surface area contributed by atoms with Gasteiger partial charge in [-0.15, -0.1) is 0 Å². The van der Waals surface area contributed by atoms with Crippen molar-refractivity contribution in [2.75, 3.05) is 13.8 Å². The number of ether oxygens (including phenoxy) is 3. The number of rotatable bonds is 5. The summed E-state index contributed by atoms with van der Waals surface area (Å²) in [5.41, 5.74) is 1.09. The van der Waals surface area contributed by atoms with Crippen molar-refractivity contribution in [2.24, 2.45) is 0 Å². The third-order valence-corrected chi connectivity index (χ3v) is 3.15. The molecule has 3 nitrogen and oxygen atoms in total. The SMILES string of the molecule is COC1CCC(OCc2ccccc2)C(CF)O1. The molecule has 3 atom stereocenters. The Morgan fingerprint density at radius 2 is 2.06 bits per heavy atom. The smallest absolute Gasteiger partial charge is 0.157 e. The van der Waals surface area contributed by atoms with Gasteiger partial charge in [0.25, 0.3) is 0 Å². The molecule has 1 saturated heterocycles. The van der Waals surface area contributed by atoms with Crippen molar-refractivity contribution >= 4 is 0 Å². The third kappa shape index (κ3) is 3.51. The van der Waals surface area contributed by atoms with Crippen LogP contribution in [0.15, 0.2) is 30.3 Å². The lowest BCUT2D eigenvalue weighted by Gasteiger charge is -2.34. The number of alkyl halides is 1. The maximum absolute atomic E-state index is 12.9. The minimum absolute atomic E-state index is 0.193. The molecular formula is C14H19FO3. The van der Waals surface area contributed by atoms with E-state index in [9.17, 15) is 4.39 Å². The minimum Gasteiger partial charge on any atom is -0.371 e. The summed E-state index contributed by atoms with van der Waals surface area (Å²) in [6.07, 6.45) is 0.489. The van der Waals surface area contributed by atoms with Crippen molar-refractivity contribution in [2.45, 2.75) is 37.9 Å². The highest BCUT2D eigenvalue weighted by Crippen LogP contribution is 2.24. The molecule has 1 aliphatic heterocycles. The summed E-state index contributed by atoms with van der Waals surface area (Å²) in [5.74, 6) is 0. The normalized spacial score (nSPS) is 28.2. The first-order valence-electron chi connectivity index (χ1n) is 6.23. The Balaban J connectivity index is 1.85. The summed E-state index contributed by atoms with van der Waals surface area (Å²) < 4.78 is 29.2. The van der Waals surface area contributed by atoms with E-state index < -0.39 is 12.8 Å². The van der Waals surface area contributed by atoms with Crippen LogP contribution in [0.5, 0.6) is 0 Å². The molecule has 1 heterocycles. The van der Waals surface area contributed by atoms with Crippen LogP contribution < -0.4 is 0 Å². The Kier molecular flexibility index (Phi) is 5.11. The largest absolute Gasteiger partial charge is 0.371 e. The molecule has 3 unspecified atom stereocenters. The van der Waals surface area contributed by atoms with E-state index >= 15 is 0 Å². The zero-order chi connectivity index (χ0) is 12.8. The maximum atomic E-state index is 12.9. The van der Waals surface area contributed by atoms with E-state index in [1.54, 1.807) is 7.11 Å². The highest BCUT2D eigenvalue weighted by atomic mass is 19.1. The van der Waals surface area contributed by atoms with Gasteiger partial charge < -0.3 is 14.2 Å². The van der Waals surface area contributed by atoms with Crippen LogP contribution in [0.1, 0.15) is 18.4 Å². The molecule has 2 rings (SSSR count). The van der Waals surface area contributed by atoms with Gasteiger partial charge in [-0.25, -0.2) is 4.39 Å². The molecule has 100 valence electrons. The summed E-state index contributed by atoms with van der Waals surface area (Å²) >= 11 is 0. The Morgan fingerprint density at radius 1 is 1.28 bits per heavy atom. The molecule has 4 heteroatoms. The van der Waals surface area contributed by atoms with Crippen LogP contribution in [-0.4, -0.2) is 32.3 Å². The monoisotopic (exact) mass is 254 g/mol. The van der Waals surface area contributed by atoms with Gasteiger partial charge in [0, 0.05) is 13.5 Å². The predicted octanol–water partition coefficient (Wildman–Crippen LogP) is 2.69. The van der Waals surface area contributed by atoms with Gasteiger partial charge in [0.05, 0.1) is 12.7 Å². The zero-order valence-electron chi connectivity index (χ0n) is 10.5. The van der Waals surface area contributed by atoms with Crippen molar-refractivity contribution in [3.8, 4) is 0 Å².